The monoisotopic (exact) mass is 272 g/mol. The molecule has 3 rings (SSSR count). The number of nitrogens with zero attached hydrogens (tertiary/aromatic N) is 4. The number of aromatic nitrogens is 4. The van der Waals surface area contributed by atoms with Crippen LogP contribution in [0.4, 0.5) is 0 Å². The number of thiophene rings is 1. The molecule has 96 valence electrons. The van der Waals surface area contributed by atoms with Crippen LogP contribution in [0.3, 0.4) is 0 Å². The molecule has 0 fully saturated rings. The van der Waals surface area contributed by atoms with Crippen molar-refractivity contribution in [1.82, 2.24) is 20.2 Å². The van der Waals surface area contributed by atoms with Crippen LogP contribution in [-0.2, 0) is 6.54 Å². The average molecular weight is 272 g/mol. The number of aliphatic hydroxyl groups is 1. The predicted molar refractivity (Wildman–Crippen MR) is 72.5 cm³/mol. The molecule has 3 aromatic rings. The summed E-state index contributed by atoms with van der Waals surface area (Å²) in [6.45, 7) is 0.294. The molecule has 0 saturated heterocycles. The van der Waals surface area contributed by atoms with Gasteiger partial charge in [0.15, 0.2) is 0 Å². The van der Waals surface area contributed by atoms with Gasteiger partial charge in [-0.05, 0) is 22.2 Å². The molecule has 0 unspecified atom stereocenters. The van der Waals surface area contributed by atoms with Crippen LogP contribution in [0.1, 0.15) is 11.7 Å². The van der Waals surface area contributed by atoms with E-state index >= 15 is 0 Å². The van der Waals surface area contributed by atoms with E-state index in [1.54, 1.807) is 11.3 Å². The Morgan fingerprint density at radius 2 is 2.00 bits per heavy atom. The summed E-state index contributed by atoms with van der Waals surface area (Å²) in [5.74, 6) is 0.593. The number of hydrogen-bond donors (Lipinski definition) is 1. The van der Waals surface area contributed by atoms with Gasteiger partial charge in [0.25, 0.3) is 0 Å². The molecule has 0 amide bonds. The van der Waals surface area contributed by atoms with Gasteiger partial charge in [-0.1, -0.05) is 36.4 Å². The highest BCUT2D eigenvalue weighted by atomic mass is 32.1. The van der Waals surface area contributed by atoms with Crippen molar-refractivity contribution in [3.8, 4) is 10.7 Å². The minimum absolute atomic E-state index is 0.294. The number of hydrogen-bond acceptors (Lipinski definition) is 5. The first-order valence-corrected chi connectivity index (χ1v) is 6.75. The van der Waals surface area contributed by atoms with Crippen molar-refractivity contribution in [2.75, 3.05) is 0 Å². The Morgan fingerprint density at radius 3 is 2.74 bits per heavy atom. The van der Waals surface area contributed by atoms with Crippen molar-refractivity contribution >= 4 is 11.3 Å². The first-order valence-electron chi connectivity index (χ1n) is 5.87. The molecule has 0 spiro atoms. The second kappa shape index (κ2) is 5.29. The molecule has 1 N–H and O–H groups in total. The molecule has 0 aliphatic heterocycles. The molecule has 0 radical (unpaired) electrons. The van der Waals surface area contributed by atoms with E-state index in [1.807, 2.05) is 47.8 Å². The SMILES string of the molecule is O[C@@H](Cn1nnc(-c2cccs2)n1)c1ccccc1. The van der Waals surface area contributed by atoms with E-state index in [1.165, 1.54) is 4.80 Å². The Hall–Kier alpha value is -2.05. The summed E-state index contributed by atoms with van der Waals surface area (Å²) in [7, 11) is 0. The van der Waals surface area contributed by atoms with Crippen molar-refractivity contribution in [2.24, 2.45) is 0 Å². The van der Waals surface area contributed by atoms with Crippen molar-refractivity contribution < 1.29 is 5.11 Å². The van der Waals surface area contributed by atoms with E-state index < -0.39 is 6.10 Å². The number of tetrazole rings is 1. The highest BCUT2D eigenvalue weighted by molar-refractivity contribution is 7.13. The van der Waals surface area contributed by atoms with Crippen molar-refractivity contribution in [2.45, 2.75) is 12.6 Å². The summed E-state index contributed by atoms with van der Waals surface area (Å²) in [5.41, 5.74) is 0.845. The summed E-state index contributed by atoms with van der Waals surface area (Å²) < 4.78 is 0. The fraction of sp³-hybridized carbons (Fsp3) is 0.154. The van der Waals surface area contributed by atoms with Gasteiger partial charge < -0.3 is 5.11 Å². The van der Waals surface area contributed by atoms with Crippen molar-refractivity contribution in [3.63, 3.8) is 0 Å². The lowest BCUT2D eigenvalue weighted by Crippen LogP contribution is -2.11. The molecular weight excluding hydrogens is 260 g/mol. The van der Waals surface area contributed by atoms with Gasteiger partial charge in [0.05, 0.1) is 11.4 Å². The van der Waals surface area contributed by atoms with Gasteiger partial charge in [0.1, 0.15) is 6.10 Å². The smallest absolute Gasteiger partial charge is 0.214 e. The molecule has 1 aromatic carbocycles. The normalized spacial score (nSPS) is 12.5. The zero-order valence-electron chi connectivity index (χ0n) is 10.0. The van der Waals surface area contributed by atoms with Crippen LogP contribution in [0.2, 0.25) is 0 Å². The molecule has 2 aromatic heterocycles. The maximum atomic E-state index is 10.1. The lowest BCUT2D eigenvalue weighted by molar-refractivity contribution is 0.144. The summed E-state index contributed by atoms with van der Waals surface area (Å²) in [6.07, 6.45) is -0.633. The van der Waals surface area contributed by atoms with Gasteiger partial charge in [-0.25, -0.2) is 0 Å². The Labute approximate surface area is 114 Å². The van der Waals surface area contributed by atoms with E-state index in [9.17, 15) is 5.11 Å². The fourth-order valence-electron chi connectivity index (χ4n) is 1.76. The average Bonchev–Trinajstić information content (AvgIpc) is 3.10. The van der Waals surface area contributed by atoms with Gasteiger partial charge in [0.2, 0.25) is 5.82 Å². The Bertz CT molecular complexity index is 636. The zero-order valence-corrected chi connectivity index (χ0v) is 10.9. The van der Waals surface area contributed by atoms with Crippen LogP contribution in [0.25, 0.3) is 10.7 Å². The third-order valence-electron chi connectivity index (χ3n) is 2.71. The predicted octanol–water partition coefficient (Wildman–Crippen LogP) is 2.14. The summed E-state index contributed by atoms with van der Waals surface area (Å²) in [6, 6.07) is 13.3. The first kappa shape index (κ1) is 12.0. The lowest BCUT2D eigenvalue weighted by Gasteiger charge is -2.08. The maximum Gasteiger partial charge on any atom is 0.214 e. The topological polar surface area (TPSA) is 63.8 Å². The van der Waals surface area contributed by atoms with E-state index in [-0.39, 0.29) is 0 Å². The molecule has 0 saturated carbocycles. The minimum Gasteiger partial charge on any atom is -0.386 e. The maximum absolute atomic E-state index is 10.1. The van der Waals surface area contributed by atoms with Crippen LogP contribution < -0.4 is 0 Å². The highest BCUT2D eigenvalue weighted by Crippen LogP contribution is 2.20. The van der Waals surface area contributed by atoms with Crippen LogP contribution >= 0.6 is 11.3 Å². The van der Waals surface area contributed by atoms with Crippen LogP contribution in [-0.4, -0.2) is 25.3 Å². The number of benzene rings is 1. The molecule has 0 aliphatic carbocycles. The Morgan fingerprint density at radius 1 is 1.16 bits per heavy atom. The second-order valence-electron chi connectivity index (χ2n) is 4.07. The van der Waals surface area contributed by atoms with E-state index in [4.69, 9.17) is 0 Å². The molecule has 19 heavy (non-hydrogen) atoms. The fourth-order valence-corrected chi connectivity index (χ4v) is 2.41. The summed E-state index contributed by atoms with van der Waals surface area (Å²) in [5, 5.41) is 24.3. The first-order chi connectivity index (χ1) is 9.33. The zero-order chi connectivity index (χ0) is 13.1. The van der Waals surface area contributed by atoms with Crippen LogP contribution in [0, 0.1) is 0 Å². The van der Waals surface area contributed by atoms with Crippen LogP contribution in [0.5, 0.6) is 0 Å². The number of rotatable bonds is 4. The lowest BCUT2D eigenvalue weighted by atomic mass is 10.1. The van der Waals surface area contributed by atoms with Gasteiger partial charge in [0, 0.05) is 0 Å². The summed E-state index contributed by atoms with van der Waals surface area (Å²) >= 11 is 1.56. The molecule has 2 heterocycles. The Balaban J connectivity index is 1.74. The Kier molecular flexibility index (Phi) is 3.35. The molecular formula is C13H12N4OS. The van der Waals surface area contributed by atoms with Crippen molar-refractivity contribution in [1.29, 1.82) is 0 Å². The van der Waals surface area contributed by atoms with Gasteiger partial charge in [-0.15, -0.1) is 21.5 Å². The van der Waals surface area contributed by atoms with E-state index in [0.717, 1.165) is 10.4 Å². The third-order valence-corrected chi connectivity index (χ3v) is 3.58. The third kappa shape index (κ3) is 2.69. The van der Waals surface area contributed by atoms with Gasteiger partial charge >= 0.3 is 0 Å². The second-order valence-corrected chi connectivity index (χ2v) is 5.02. The molecule has 6 heteroatoms. The molecule has 5 nitrogen and oxygen atoms in total. The molecule has 1 atom stereocenters. The quantitative estimate of drug-likeness (QED) is 0.790. The van der Waals surface area contributed by atoms with Gasteiger partial charge in [-0.3, -0.25) is 0 Å². The van der Waals surface area contributed by atoms with Crippen molar-refractivity contribution in [3.05, 3.63) is 53.4 Å². The highest BCUT2D eigenvalue weighted by Gasteiger charge is 2.12. The summed E-state index contributed by atoms with van der Waals surface area (Å²) in [4.78, 5) is 2.40. The largest absolute Gasteiger partial charge is 0.386 e. The molecule has 0 bridgehead atoms. The van der Waals surface area contributed by atoms with E-state index in [0.29, 0.717) is 12.4 Å². The van der Waals surface area contributed by atoms with Gasteiger partial charge in [-0.2, -0.15) is 4.80 Å². The van der Waals surface area contributed by atoms with Crippen LogP contribution in [0.15, 0.2) is 47.8 Å². The minimum atomic E-state index is -0.633. The standard InChI is InChI=1S/C13H12N4OS/c18-11(10-5-2-1-3-6-10)9-17-15-13(14-16-17)12-7-4-8-19-12/h1-8,11,18H,9H2/t11-/m0/s1. The number of aliphatic hydroxyl groups excluding tert-OH is 1. The van der Waals surface area contributed by atoms with E-state index in [2.05, 4.69) is 15.4 Å². The molecule has 0 aliphatic rings.